The Bertz CT molecular complexity index is 1030. The van der Waals surface area contributed by atoms with Gasteiger partial charge in [-0.2, -0.15) is 15.3 Å². The number of aromatic nitrogens is 5. The minimum Gasteiger partial charge on any atom is -0.357 e. The molecule has 29 heavy (non-hydrogen) atoms. The second-order valence-corrected chi connectivity index (χ2v) is 8.04. The predicted octanol–water partition coefficient (Wildman–Crippen LogP) is 3.05. The van der Waals surface area contributed by atoms with Gasteiger partial charge >= 0.3 is 0 Å². The molecular weight excluding hydrogens is 366 g/mol. The standard InChI is InChI=1S/C20H25N9/c1-12-9-17(28-27-12)25-19-18-16(5-7-22-18)24-20(26-19)23-13-10-14-3-4-15(11-13)29(14)8-2-6-21/h5,7,9,13-15,22H,2-4,8,10-11H2,1H3,(H3,23,24,25,26,27,28)/t13-,14-,15?/m0/s1. The van der Waals surface area contributed by atoms with Crippen LogP contribution in [0.1, 0.15) is 37.8 Å². The number of anilines is 3. The molecular formula is C20H25N9. The van der Waals surface area contributed by atoms with Gasteiger partial charge in [0.05, 0.1) is 11.6 Å². The molecule has 9 heteroatoms. The van der Waals surface area contributed by atoms with Gasteiger partial charge in [-0.1, -0.05) is 0 Å². The summed E-state index contributed by atoms with van der Waals surface area (Å²) in [6.45, 7) is 2.86. The van der Waals surface area contributed by atoms with Crippen LogP contribution in [0, 0.1) is 18.3 Å². The first kappa shape index (κ1) is 17.9. The molecule has 0 spiro atoms. The van der Waals surface area contributed by atoms with Crippen LogP contribution in [-0.4, -0.2) is 54.7 Å². The van der Waals surface area contributed by atoms with Crippen molar-refractivity contribution in [2.45, 2.75) is 57.2 Å². The Kier molecular flexibility index (Phi) is 4.56. The Hall–Kier alpha value is -3.12. The van der Waals surface area contributed by atoms with Crippen molar-refractivity contribution in [3.8, 4) is 6.07 Å². The van der Waals surface area contributed by atoms with Crippen LogP contribution >= 0.6 is 0 Å². The van der Waals surface area contributed by atoms with Crippen molar-refractivity contribution >= 4 is 28.6 Å². The van der Waals surface area contributed by atoms with Crippen LogP contribution < -0.4 is 10.6 Å². The fourth-order valence-corrected chi connectivity index (χ4v) is 4.82. The van der Waals surface area contributed by atoms with E-state index in [9.17, 15) is 0 Å². The van der Waals surface area contributed by atoms with E-state index in [1.54, 1.807) is 0 Å². The zero-order chi connectivity index (χ0) is 19.8. The molecule has 2 fully saturated rings. The first-order valence-corrected chi connectivity index (χ1v) is 10.2. The number of nitrogens with zero attached hydrogens (tertiary/aromatic N) is 5. The number of aromatic amines is 2. The maximum Gasteiger partial charge on any atom is 0.225 e. The highest BCUT2D eigenvalue weighted by Crippen LogP contribution is 2.36. The summed E-state index contributed by atoms with van der Waals surface area (Å²) in [6.07, 6.45) is 7.06. The molecule has 2 aliphatic rings. The van der Waals surface area contributed by atoms with Gasteiger partial charge in [0.2, 0.25) is 5.95 Å². The Labute approximate surface area is 168 Å². The summed E-state index contributed by atoms with van der Waals surface area (Å²) < 4.78 is 0. The molecule has 2 aliphatic heterocycles. The van der Waals surface area contributed by atoms with Crippen molar-refractivity contribution in [3.05, 3.63) is 24.0 Å². The predicted molar refractivity (Wildman–Crippen MR) is 111 cm³/mol. The number of hydrogen-bond donors (Lipinski definition) is 4. The van der Waals surface area contributed by atoms with E-state index in [1.807, 2.05) is 25.3 Å². The number of nitrogens with one attached hydrogen (secondary N) is 4. The third-order valence-corrected chi connectivity index (χ3v) is 6.06. The number of piperidine rings is 1. The smallest absolute Gasteiger partial charge is 0.225 e. The van der Waals surface area contributed by atoms with Crippen LogP contribution in [0.5, 0.6) is 0 Å². The van der Waals surface area contributed by atoms with Gasteiger partial charge in [-0.3, -0.25) is 10.00 Å². The minimum absolute atomic E-state index is 0.350. The van der Waals surface area contributed by atoms with Gasteiger partial charge in [0, 0.05) is 49.0 Å². The Morgan fingerprint density at radius 2 is 2.10 bits per heavy atom. The summed E-state index contributed by atoms with van der Waals surface area (Å²) in [5, 5.41) is 23.0. The zero-order valence-electron chi connectivity index (χ0n) is 16.4. The molecule has 2 saturated heterocycles. The van der Waals surface area contributed by atoms with Crippen molar-refractivity contribution in [2.75, 3.05) is 17.2 Å². The lowest BCUT2D eigenvalue weighted by molar-refractivity contribution is 0.135. The molecule has 0 aromatic carbocycles. The zero-order valence-corrected chi connectivity index (χ0v) is 16.4. The average molecular weight is 391 g/mol. The largest absolute Gasteiger partial charge is 0.357 e. The van der Waals surface area contributed by atoms with Crippen LogP contribution in [-0.2, 0) is 0 Å². The number of hydrogen-bond acceptors (Lipinski definition) is 7. The van der Waals surface area contributed by atoms with Crippen molar-refractivity contribution < 1.29 is 0 Å². The molecule has 150 valence electrons. The third-order valence-electron chi connectivity index (χ3n) is 6.06. The van der Waals surface area contributed by atoms with Gasteiger partial charge in [0.1, 0.15) is 5.52 Å². The first-order valence-electron chi connectivity index (χ1n) is 10.2. The second-order valence-electron chi connectivity index (χ2n) is 8.04. The number of H-pyrrole nitrogens is 2. The molecule has 3 aromatic heterocycles. The molecule has 1 unspecified atom stereocenters. The fourth-order valence-electron chi connectivity index (χ4n) is 4.82. The van der Waals surface area contributed by atoms with E-state index in [-0.39, 0.29) is 0 Å². The normalized spacial score (nSPS) is 23.9. The van der Waals surface area contributed by atoms with Crippen LogP contribution in [0.4, 0.5) is 17.6 Å². The van der Waals surface area contributed by atoms with Gasteiger partial charge in [0.15, 0.2) is 11.6 Å². The summed E-state index contributed by atoms with van der Waals surface area (Å²) in [6, 6.07) is 7.64. The quantitative estimate of drug-likeness (QED) is 0.509. The Morgan fingerprint density at radius 3 is 2.83 bits per heavy atom. The summed E-state index contributed by atoms with van der Waals surface area (Å²) in [7, 11) is 0. The van der Waals surface area contributed by atoms with Crippen molar-refractivity contribution in [3.63, 3.8) is 0 Å². The maximum atomic E-state index is 8.92. The lowest BCUT2D eigenvalue weighted by Crippen LogP contribution is -2.47. The first-order chi connectivity index (χ1) is 14.2. The molecule has 9 nitrogen and oxygen atoms in total. The lowest BCUT2D eigenvalue weighted by atomic mass is 9.97. The lowest BCUT2D eigenvalue weighted by Gasteiger charge is -2.38. The molecule has 0 aliphatic carbocycles. The summed E-state index contributed by atoms with van der Waals surface area (Å²) in [5.74, 6) is 2.08. The van der Waals surface area contributed by atoms with Crippen molar-refractivity contribution in [1.29, 1.82) is 5.26 Å². The van der Waals surface area contributed by atoms with E-state index in [0.29, 0.717) is 36.3 Å². The van der Waals surface area contributed by atoms with E-state index >= 15 is 0 Å². The molecule has 3 aromatic rings. The number of rotatable bonds is 6. The highest BCUT2D eigenvalue weighted by atomic mass is 15.3. The second kappa shape index (κ2) is 7.37. The fraction of sp³-hybridized carbons (Fsp3) is 0.500. The van der Waals surface area contributed by atoms with Crippen LogP contribution in [0.15, 0.2) is 18.3 Å². The van der Waals surface area contributed by atoms with E-state index < -0.39 is 0 Å². The third kappa shape index (κ3) is 3.51. The van der Waals surface area contributed by atoms with Crippen molar-refractivity contribution in [1.82, 2.24) is 30.0 Å². The van der Waals surface area contributed by atoms with E-state index in [1.165, 1.54) is 12.8 Å². The number of nitriles is 1. The number of fused-ring (bicyclic) bond motifs is 3. The summed E-state index contributed by atoms with van der Waals surface area (Å²) in [4.78, 5) is 15.2. The van der Waals surface area contributed by atoms with Crippen molar-refractivity contribution in [2.24, 2.45) is 0 Å². The molecule has 0 radical (unpaired) electrons. The number of aryl methyl sites for hydroxylation is 1. The summed E-state index contributed by atoms with van der Waals surface area (Å²) in [5.41, 5.74) is 2.72. The molecule has 4 N–H and O–H groups in total. The maximum absolute atomic E-state index is 8.92. The molecule has 0 saturated carbocycles. The van der Waals surface area contributed by atoms with E-state index in [4.69, 9.17) is 15.2 Å². The van der Waals surface area contributed by atoms with Gasteiger partial charge < -0.3 is 15.6 Å². The highest BCUT2D eigenvalue weighted by Gasteiger charge is 2.40. The molecule has 0 amide bonds. The topological polar surface area (TPSA) is 121 Å². The van der Waals surface area contributed by atoms with Crippen LogP contribution in [0.3, 0.4) is 0 Å². The minimum atomic E-state index is 0.350. The SMILES string of the molecule is Cc1cc(Nc2nc(N[C@@H]3CC4CC[C@@H](C3)N4CCC#N)nc3cc[nH]c23)n[nH]1. The van der Waals surface area contributed by atoms with Gasteiger partial charge in [-0.25, -0.2) is 4.98 Å². The van der Waals surface area contributed by atoms with E-state index in [2.05, 4.69) is 36.8 Å². The Balaban J connectivity index is 1.34. The molecule has 3 atom stereocenters. The van der Waals surface area contributed by atoms with Gasteiger partial charge in [-0.15, -0.1) is 0 Å². The molecule has 2 bridgehead atoms. The average Bonchev–Trinajstić information content (AvgIpc) is 3.39. The highest BCUT2D eigenvalue weighted by molar-refractivity contribution is 5.88. The molecule has 5 rings (SSSR count). The monoisotopic (exact) mass is 391 g/mol. The van der Waals surface area contributed by atoms with Gasteiger partial charge in [0.25, 0.3) is 0 Å². The van der Waals surface area contributed by atoms with Crippen LogP contribution in [0.25, 0.3) is 11.0 Å². The van der Waals surface area contributed by atoms with Gasteiger partial charge in [-0.05, 0) is 38.7 Å². The van der Waals surface area contributed by atoms with E-state index in [0.717, 1.165) is 41.9 Å². The Morgan fingerprint density at radius 1 is 1.28 bits per heavy atom. The van der Waals surface area contributed by atoms with Crippen LogP contribution in [0.2, 0.25) is 0 Å². The molecule has 5 heterocycles. The summed E-state index contributed by atoms with van der Waals surface area (Å²) >= 11 is 0.